The molecule has 0 bridgehead atoms. The molecule has 0 saturated heterocycles. The van der Waals surface area contributed by atoms with Gasteiger partial charge in [0.25, 0.3) is 0 Å². The van der Waals surface area contributed by atoms with Gasteiger partial charge in [0.15, 0.2) is 0 Å². The lowest BCUT2D eigenvalue weighted by atomic mass is 10.1. The first-order valence-corrected chi connectivity index (χ1v) is 8.87. The number of carbonyl (C=O) groups is 1. The van der Waals surface area contributed by atoms with Crippen LogP contribution in [0.1, 0.15) is 36.2 Å². The number of aromatic nitrogens is 3. The van der Waals surface area contributed by atoms with Gasteiger partial charge < -0.3 is 4.90 Å². The summed E-state index contributed by atoms with van der Waals surface area (Å²) < 4.78 is 1.82. The van der Waals surface area contributed by atoms with Crippen LogP contribution in [0.3, 0.4) is 0 Å². The minimum Gasteiger partial charge on any atom is -0.330 e. The molecular formula is C21H24N4O. The van der Waals surface area contributed by atoms with Crippen molar-refractivity contribution in [2.75, 3.05) is 0 Å². The fraction of sp³-hybridized carbons (Fsp3) is 0.286. The molecule has 0 aliphatic carbocycles. The van der Waals surface area contributed by atoms with Gasteiger partial charge in [0, 0.05) is 31.9 Å². The topological polar surface area (TPSA) is 51.0 Å². The summed E-state index contributed by atoms with van der Waals surface area (Å²) >= 11 is 0. The van der Waals surface area contributed by atoms with Gasteiger partial charge in [-0.25, -0.2) is 0 Å². The molecule has 2 heterocycles. The van der Waals surface area contributed by atoms with Crippen LogP contribution in [0.15, 0.2) is 67.1 Å². The van der Waals surface area contributed by atoms with Gasteiger partial charge in [-0.15, -0.1) is 0 Å². The Hall–Kier alpha value is -2.95. The number of carbonyl (C=O) groups excluding carboxylic acids is 1. The number of benzene rings is 1. The standard InChI is InChI=1S/C21H24N4O/c1-17-14-23-24(15-17)13-11-21(26)25(16-19-8-4-3-5-9-19)18(2)20-10-6-7-12-22-20/h3-10,12,14-15,18H,11,13,16H2,1-2H3/t18-/m1/s1. The summed E-state index contributed by atoms with van der Waals surface area (Å²) in [6, 6.07) is 15.8. The summed E-state index contributed by atoms with van der Waals surface area (Å²) in [5, 5.41) is 4.27. The number of amides is 1. The molecule has 3 rings (SSSR count). The molecule has 0 saturated carbocycles. The second-order valence-electron chi connectivity index (χ2n) is 6.47. The van der Waals surface area contributed by atoms with Crippen molar-refractivity contribution >= 4 is 5.91 Å². The van der Waals surface area contributed by atoms with Crippen molar-refractivity contribution in [3.05, 3.63) is 83.9 Å². The maximum atomic E-state index is 13.0. The Kier molecular flexibility index (Phi) is 5.79. The second kappa shape index (κ2) is 8.43. The summed E-state index contributed by atoms with van der Waals surface area (Å²) in [5.74, 6) is 0.0974. The van der Waals surface area contributed by atoms with Gasteiger partial charge in [-0.2, -0.15) is 5.10 Å². The highest BCUT2D eigenvalue weighted by molar-refractivity contribution is 5.76. The number of pyridine rings is 1. The van der Waals surface area contributed by atoms with E-state index in [1.54, 1.807) is 6.20 Å². The highest BCUT2D eigenvalue weighted by Crippen LogP contribution is 2.22. The van der Waals surface area contributed by atoms with E-state index >= 15 is 0 Å². The number of rotatable bonds is 7. The van der Waals surface area contributed by atoms with E-state index in [4.69, 9.17) is 0 Å². The minimum atomic E-state index is -0.0942. The molecule has 1 atom stereocenters. The van der Waals surface area contributed by atoms with Gasteiger partial charge >= 0.3 is 0 Å². The lowest BCUT2D eigenvalue weighted by Gasteiger charge is -2.29. The molecule has 0 aliphatic heterocycles. The molecule has 26 heavy (non-hydrogen) atoms. The Morgan fingerprint density at radius 3 is 2.58 bits per heavy atom. The summed E-state index contributed by atoms with van der Waals surface area (Å²) in [6.07, 6.45) is 5.94. The molecule has 1 aromatic carbocycles. The van der Waals surface area contributed by atoms with E-state index in [-0.39, 0.29) is 11.9 Å². The van der Waals surface area contributed by atoms with E-state index in [9.17, 15) is 4.79 Å². The van der Waals surface area contributed by atoms with Gasteiger partial charge in [-0.1, -0.05) is 36.4 Å². The molecule has 0 aliphatic rings. The van der Waals surface area contributed by atoms with E-state index in [0.29, 0.717) is 19.5 Å². The lowest BCUT2D eigenvalue weighted by Crippen LogP contribution is -2.34. The Balaban J connectivity index is 1.76. The highest BCUT2D eigenvalue weighted by Gasteiger charge is 2.22. The molecule has 1 amide bonds. The monoisotopic (exact) mass is 348 g/mol. The molecule has 0 N–H and O–H groups in total. The third-order valence-electron chi connectivity index (χ3n) is 4.42. The zero-order valence-corrected chi connectivity index (χ0v) is 15.2. The van der Waals surface area contributed by atoms with E-state index in [1.807, 2.05) is 84.4 Å². The number of nitrogens with zero attached hydrogens (tertiary/aromatic N) is 4. The summed E-state index contributed by atoms with van der Waals surface area (Å²) in [7, 11) is 0. The molecular weight excluding hydrogens is 324 g/mol. The minimum absolute atomic E-state index is 0.0942. The maximum Gasteiger partial charge on any atom is 0.225 e. The van der Waals surface area contributed by atoms with E-state index in [2.05, 4.69) is 10.1 Å². The summed E-state index contributed by atoms with van der Waals surface area (Å²) in [4.78, 5) is 19.3. The molecule has 2 aromatic heterocycles. The Morgan fingerprint density at radius 1 is 1.15 bits per heavy atom. The first-order valence-electron chi connectivity index (χ1n) is 8.87. The Labute approximate surface area is 154 Å². The third-order valence-corrected chi connectivity index (χ3v) is 4.42. The van der Waals surface area contributed by atoms with Crippen LogP contribution in [0.25, 0.3) is 0 Å². The van der Waals surface area contributed by atoms with Gasteiger partial charge in [-0.05, 0) is 37.1 Å². The van der Waals surface area contributed by atoms with Crippen LogP contribution in [0.4, 0.5) is 0 Å². The van der Waals surface area contributed by atoms with Crippen LogP contribution in [0.2, 0.25) is 0 Å². The predicted octanol–water partition coefficient (Wildman–Crippen LogP) is 3.77. The molecule has 0 fully saturated rings. The lowest BCUT2D eigenvalue weighted by molar-refractivity contribution is -0.134. The molecule has 0 radical (unpaired) electrons. The zero-order chi connectivity index (χ0) is 18.4. The largest absolute Gasteiger partial charge is 0.330 e. The number of hydrogen-bond donors (Lipinski definition) is 0. The van der Waals surface area contributed by atoms with Crippen LogP contribution >= 0.6 is 0 Å². The second-order valence-corrected chi connectivity index (χ2v) is 6.47. The van der Waals surface area contributed by atoms with Crippen LogP contribution in [-0.2, 0) is 17.9 Å². The molecule has 5 heteroatoms. The zero-order valence-electron chi connectivity index (χ0n) is 15.2. The van der Waals surface area contributed by atoms with Crippen molar-refractivity contribution in [2.24, 2.45) is 0 Å². The quantitative estimate of drug-likeness (QED) is 0.653. The van der Waals surface area contributed by atoms with Crippen LogP contribution in [0, 0.1) is 6.92 Å². The summed E-state index contributed by atoms with van der Waals surface area (Å²) in [6.45, 7) is 5.17. The van der Waals surface area contributed by atoms with Crippen molar-refractivity contribution in [2.45, 2.75) is 39.4 Å². The number of aryl methyl sites for hydroxylation is 2. The molecule has 134 valence electrons. The maximum absolute atomic E-state index is 13.0. The van der Waals surface area contributed by atoms with E-state index in [1.165, 1.54) is 0 Å². The van der Waals surface area contributed by atoms with Crippen molar-refractivity contribution in [1.82, 2.24) is 19.7 Å². The van der Waals surface area contributed by atoms with Gasteiger partial charge in [0.05, 0.1) is 17.9 Å². The van der Waals surface area contributed by atoms with Crippen molar-refractivity contribution in [3.8, 4) is 0 Å². The van der Waals surface area contributed by atoms with Crippen molar-refractivity contribution in [1.29, 1.82) is 0 Å². The smallest absolute Gasteiger partial charge is 0.225 e. The third kappa shape index (κ3) is 4.57. The first kappa shape index (κ1) is 17.9. The van der Waals surface area contributed by atoms with Crippen LogP contribution in [-0.4, -0.2) is 25.6 Å². The fourth-order valence-electron chi connectivity index (χ4n) is 2.95. The molecule has 5 nitrogen and oxygen atoms in total. The molecule has 0 unspecified atom stereocenters. The van der Waals surface area contributed by atoms with Gasteiger partial charge in [-0.3, -0.25) is 14.5 Å². The Morgan fingerprint density at radius 2 is 1.92 bits per heavy atom. The average molecular weight is 348 g/mol. The van der Waals surface area contributed by atoms with Crippen molar-refractivity contribution < 1.29 is 4.79 Å². The SMILES string of the molecule is Cc1cnn(CCC(=O)N(Cc2ccccc2)[C@H](C)c2ccccn2)c1. The van der Waals surface area contributed by atoms with Gasteiger partial charge in [0.1, 0.15) is 0 Å². The Bertz CT molecular complexity index is 829. The van der Waals surface area contributed by atoms with Gasteiger partial charge in [0.2, 0.25) is 5.91 Å². The molecule has 3 aromatic rings. The average Bonchev–Trinajstić information content (AvgIpc) is 3.10. The normalized spacial score (nSPS) is 11.9. The van der Waals surface area contributed by atoms with E-state index < -0.39 is 0 Å². The highest BCUT2D eigenvalue weighted by atomic mass is 16.2. The molecule has 0 spiro atoms. The van der Waals surface area contributed by atoms with E-state index in [0.717, 1.165) is 16.8 Å². The first-order chi connectivity index (χ1) is 12.6. The van der Waals surface area contributed by atoms with Crippen molar-refractivity contribution in [3.63, 3.8) is 0 Å². The number of hydrogen-bond acceptors (Lipinski definition) is 3. The van der Waals surface area contributed by atoms with Crippen LogP contribution in [0.5, 0.6) is 0 Å². The van der Waals surface area contributed by atoms with Crippen LogP contribution < -0.4 is 0 Å². The fourth-order valence-corrected chi connectivity index (χ4v) is 2.95. The predicted molar refractivity (Wildman–Crippen MR) is 101 cm³/mol. The summed E-state index contributed by atoms with van der Waals surface area (Å²) in [5.41, 5.74) is 3.10.